The molecule has 1 aliphatic carbocycles. The molecule has 2 unspecified atom stereocenters. The SMILES string of the molecule is CCC(C)n1ccc(CC(CC2CC2)NC)n1. The Bertz CT molecular complexity index is 341. The van der Waals surface area contributed by atoms with E-state index in [1.165, 1.54) is 25.0 Å². The quantitative estimate of drug-likeness (QED) is 0.787. The zero-order valence-electron chi connectivity index (χ0n) is 11.3. The first-order valence-corrected chi connectivity index (χ1v) is 6.94. The Morgan fingerprint density at radius 2 is 2.29 bits per heavy atom. The number of likely N-dealkylation sites (N-methyl/N-ethyl adjacent to an activating group) is 1. The van der Waals surface area contributed by atoms with Gasteiger partial charge in [-0.15, -0.1) is 0 Å². The first-order valence-electron chi connectivity index (χ1n) is 6.94. The Morgan fingerprint density at radius 3 is 2.88 bits per heavy atom. The maximum absolute atomic E-state index is 4.67. The molecule has 1 fully saturated rings. The molecule has 1 aromatic rings. The molecule has 0 radical (unpaired) electrons. The summed E-state index contributed by atoms with van der Waals surface area (Å²) in [6.07, 6.45) is 8.49. The summed E-state index contributed by atoms with van der Waals surface area (Å²) < 4.78 is 2.10. The minimum Gasteiger partial charge on any atom is -0.317 e. The predicted octanol–water partition coefficient (Wildman–Crippen LogP) is 2.78. The molecule has 17 heavy (non-hydrogen) atoms. The van der Waals surface area contributed by atoms with E-state index in [2.05, 4.69) is 48.3 Å². The van der Waals surface area contributed by atoms with Gasteiger partial charge in [0.15, 0.2) is 0 Å². The van der Waals surface area contributed by atoms with Crippen molar-refractivity contribution in [1.29, 1.82) is 0 Å². The number of nitrogens with one attached hydrogen (secondary N) is 1. The Labute approximate surface area is 105 Å². The standard InChI is InChI=1S/C14H25N3/c1-4-11(2)17-8-7-13(16-17)10-14(15-3)9-12-5-6-12/h7-8,11-12,14-15H,4-6,9-10H2,1-3H3. The van der Waals surface area contributed by atoms with Crippen LogP contribution in [0.1, 0.15) is 51.3 Å². The Hall–Kier alpha value is -0.830. The molecule has 1 aliphatic rings. The van der Waals surface area contributed by atoms with Gasteiger partial charge in [-0.05, 0) is 38.8 Å². The highest BCUT2D eigenvalue weighted by molar-refractivity contribution is 5.02. The van der Waals surface area contributed by atoms with Crippen LogP contribution in [0.25, 0.3) is 0 Å². The van der Waals surface area contributed by atoms with Gasteiger partial charge in [0.05, 0.1) is 5.69 Å². The van der Waals surface area contributed by atoms with Crippen LogP contribution in [0, 0.1) is 5.92 Å². The highest BCUT2D eigenvalue weighted by Gasteiger charge is 2.25. The highest BCUT2D eigenvalue weighted by atomic mass is 15.3. The van der Waals surface area contributed by atoms with Crippen molar-refractivity contribution in [2.45, 2.75) is 58.0 Å². The average Bonchev–Trinajstić information content (AvgIpc) is 3.04. The molecule has 96 valence electrons. The van der Waals surface area contributed by atoms with Crippen molar-refractivity contribution in [2.24, 2.45) is 5.92 Å². The van der Waals surface area contributed by atoms with Gasteiger partial charge in [0, 0.05) is 24.7 Å². The van der Waals surface area contributed by atoms with E-state index in [-0.39, 0.29) is 0 Å². The van der Waals surface area contributed by atoms with Gasteiger partial charge in [0.1, 0.15) is 0 Å². The van der Waals surface area contributed by atoms with E-state index >= 15 is 0 Å². The molecule has 0 aliphatic heterocycles. The molecule has 3 nitrogen and oxygen atoms in total. The Balaban J connectivity index is 1.89. The topological polar surface area (TPSA) is 29.9 Å². The van der Waals surface area contributed by atoms with Crippen molar-refractivity contribution in [3.8, 4) is 0 Å². The number of rotatable bonds is 7. The molecule has 0 aromatic carbocycles. The second-order valence-electron chi connectivity index (χ2n) is 5.41. The second kappa shape index (κ2) is 5.67. The smallest absolute Gasteiger partial charge is 0.0640 e. The van der Waals surface area contributed by atoms with Gasteiger partial charge in [-0.2, -0.15) is 5.10 Å². The van der Waals surface area contributed by atoms with Gasteiger partial charge in [-0.3, -0.25) is 4.68 Å². The fraction of sp³-hybridized carbons (Fsp3) is 0.786. The lowest BCUT2D eigenvalue weighted by Gasteiger charge is -2.14. The highest BCUT2D eigenvalue weighted by Crippen LogP contribution is 2.33. The molecular weight excluding hydrogens is 210 g/mol. The third-order valence-corrected chi connectivity index (χ3v) is 3.88. The minimum atomic E-state index is 0.514. The van der Waals surface area contributed by atoms with Crippen LogP contribution in [-0.2, 0) is 6.42 Å². The van der Waals surface area contributed by atoms with Gasteiger partial charge in [-0.25, -0.2) is 0 Å². The molecule has 1 aromatic heterocycles. The van der Waals surface area contributed by atoms with E-state index < -0.39 is 0 Å². The average molecular weight is 235 g/mol. The van der Waals surface area contributed by atoms with Crippen molar-refractivity contribution in [2.75, 3.05) is 7.05 Å². The second-order valence-corrected chi connectivity index (χ2v) is 5.41. The van der Waals surface area contributed by atoms with Crippen LogP contribution >= 0.6 is 0 Å². The van der Waals surface area contributed by atoms with Gasteiger partial charge in [0.2, 0.25) is 0 Å². The largest absolute Gasteiger partial charge is 0.317 e. The summed E-state index contributed by atoms with van der Waals surface area (Å²) in [6.45, 7) is 4.42. The molecule has 1 N–H and O–H groups in total. The van der Waals surface area contributed by atoms with E-state index in [1.54, 1.807) is 0 Å². The predicted molar refractivity (Wildman–Crippen MR) is 71.1 cm³/mol. The van der Waals surface area contributed by atoms with E-state index in [9.17, 15) is 0 Å². The summed E-state index contributed by atoms with van der Waals surface area (Å²) in [5.41, 5.74) is 1.23. The monoisotopic (exact) mass is 235 g/mol. The molecule has 2 rings (SSSR count). The van der Waals surface area contributed by atoms with Crippen LogP contribution in [0.5, 0.6) is 0 Å². The third kappa shape index (κ3) is 3.56. The van der Waals surface area contributed by atoms with Crippen LogP contribution in [0.3, 0.4) is 0 Å². The van der Waals surface area contributed by atoms with Crippen molar-refractivity contribution in [1.82, 2.24) is 15.1 Å². The van der Waals surface area contributed by atoms with E-state index in [4.69, 9.17) is 0 Å². The summed E-state index contributed by atoms with van der Waals surface area (Å²) in [7, 11) is 2.07. The molecule has 2 atom stereocenters. The molecule has 1 saturated carbocycles. The first kappa shape index (κ1) is 12.6. The fourth-order valence-corrected chi connectivity index (χ4v) is 2.23. The molecule has 0 amide bonds. The minimum absolute atomic E-state index is 0.514. The molecule has 3 heteroatoms. The van der Waals surface area contributed by atoms with E-state index in [1.807, 2.05) is 0 Å². The van der Waals surface area contributed by atoms with E-state index in [0.717, 1.165) is 18.8 Å². The normalized spacial score (nSPS) is 19.2. The summed E-state index contributed by atoms with van der Waals surface area (Å²) in [5.74, 6) is 0.976. The third-order valence-electron chi connectivity index (χ3n) is 3.88. The Kier molecular flexibility index (Phi) is 4.21. The number of hydrogen-bond donors (Lipinski definition) is 1. The summed E-state index contributed by atoms with van der Waals surface area (Å²) in [5, 5.41) is 8.10. The van der Waals surface area contributed by atoms with Crippen molar-refractivity contribution < 1.29 is 0 Å². The van der Waals surface area contributed by atoms with Crippen LogP contribution in [0.15, 0.2) is 12.3 Å². The zero-order valence-corrected chi connectivity index (χ0v) is 11.3. The Morgan fingerprint density at radius 1 is 1.53 bits per heavy atom. The summed E-state index contributed by atoms with van der Waals surface area (Å²) in [6, 6.07) is 3.28. The lowest BCUT2D eigenvalue weighted by atomic mass is 10.1. The van der Waals surface area contributed by atoms with E-state index in [0.29, 0.717) is 12.1 Å². The van der Waals surface area contributed by atoms with Crippen LogP contribution < -0.4 is 5.32 Å². The molecule has 0 saturated heterocycles. The summed E-state index contributed by atoms with van der Waals surface area (Å²) in [4.78, 5) is 0. The van der Waals surface area contributed by atoms with Gasteiger partial charge in [-0.1, -0.05) is 19.8 Å². The van der Waals surface area contributed by atoms with Crippen molar-refractivity contribution >= 4 is 0 Å². The first-order chi connectivity index (χ1) is 8.22. The van der Waals surface area contributed by atoms with Gasteiger partial charge >= 0.3 is 0 Å². The number of aromatic nitrogens is 2. The number of nitrogens with zero attached hydrogens (tertiary/aromatic N) is 2. The van der Waals surface area contributed by atoms with Gasteiger partial charge < -0.3 is 5.32 Å². The zero-order chi connectivity index (χ0) is 12.3. The maximum atomic E-state index is 4.67. The molecular formula is C14H25N3. The van der Waals surface area contributed by atoms with Crippen molar-refractivity contribution in [3.05, 3.63) is 18.0 Å². The molecule has 0 bridgehead atoms. The van der Waals surface area contributed by atoms with Crippen LogP contribution in [0.4, 0.5) is 0 Å². The van der Waals surface area contributed by atoms with Crippen LogP contribution in [-0.4, -0.2) is 22.9 Å². The fourth-order valence-electron chi connectivity index (χ4n) is 2.23. The maximum Gasteiger partial charge on any atom is 0.0640 e. The lowest BCUT2D eigenvalue weighted by molar-refractivity contribution is 0.457. The number of hydrogen-bond acceptors (Lipinski definition) is 2. The van der Waals surface area contributed by atoms with Gasteiger partial charge in [0.25, 0.3) is 0 Å². The molecule has 1 heterocycles. The molecule has 0 spiro atoms. The van der Waals surface area contributed by atoms with Crippen molar-refractivity contribution in [3.63, 3.8) is 0 Å². The summed E-state index contributed by atoms with van der Waals surface area (Å²) >= 11 is 0. The van der Waals surface area contributed by atoms with Crippen LogP contribution in [0.2, 0.25) is 0 Å². The lowest BCUT2D eigenvalue weighted by Crippen LogP contribution is -2.28.